The lowest BCUT2D eigenvalue weighted by Crippen LogP contribution is -2.47. The standard InChI is InChI=1S/C18H22N2O2/c1-18(2,14-22-13-16-6-4-3-5-7-16)20-17(21)12-15-8-10-19-11-9-15/h3-11H,12-14H2,1-2H3,(H,20,21). The van der Waals surface area contributed by atoms with Gasteiger partial charge in [-0.05, 0) is 37.1 Å². The van der Waals surface area contributed by atoms with E-state index in [0.717, 1.165) is 11.1 Å². The molecular formula is C18H22N2O2. The molecule has 0 fully saturated rings. The van der Waals surface area contributed by atoms with Crippen molar-refractivity contribution in [2.75, 3.05) is 6.61 Å². The number of hydrogen-bond donors (Lipinski definition) is 1. The van der Waals surface area contributed by atoms with Crippen molar-refractivity contribution in [3.8, 4) is 0 Å². The number of pyridine rings is 1. The third kappa shape index (κ3) is 5.66. The van der Waals surface area contributed by atoms with Crippen LogP contribution >= 0.6 is 0 Å². The lowest BCUT2D eigenvalue weighted by atomic mass is 10.1. The Balaban J connectivity index is 1.76. The fourth-order valence-corrected chi connectivity index (χ4v) is 2.14. The first-order valence-electron chi connectivity index (χ1n) is 7.37. The van der Waals surface area contributed by atoms with Gasteiger partial charge in [0, 0.05) is 12.4 Å². The highest BCUT2D eigenvalue weighted by atomic mass is 16.5. The van der Waals surface area contributed by atoms with Gasteiger partial charge in [0.1, 0.15) is 0 Å². The summed E-state index contributed by atoms with van der Waals surface area (Å²) in [6.07, 6.45) is 3.73. The molecule has 116 valence electrons. The van der Waals surface area contributed by atoms with Gasteiger partial charge in [-0.25, -0.2) is 0 Å². The Kier molecular flexibility index (Phi) is 5.67. The van der Waals surface area contributed by atoms with E-state index >= 15 is 0 Å². The zero-order valence-corrected chi connectivity index (χ0v) is 13.1. The Morgan fingerprint density at radius 2 is 1.77 bits per heavy atom. The van der Waals surface area contributed by atoms with Crippen molar-refractivity contribution in [3.05, 3.63) is 66.0 Å². The van der Waals surface area contributed by atoms with E-state index < -0.39 is 5.54 Å². The molecule has 2 aromatic rings. The molecule has 0 bridgehead atoms. The number of nitrogens with zero attached hydrogens (tertiary/aromatic N) is 1. The Labute approximate surface area is 131 Å². The van der Waals surface area contributed by atoms with Crippen LogP contribution in [-0.4, -0.2) is 23.0 Å². The SMILES string of the molecule is CC(C)(COCc1ccccc1)NC(=O)Cc1ccncc1. The molecule has 1 aromatic carbocycles. The lowest BCUT2D eigenvalue weighted by Gasteiger charge is -2.26. The van der Waals surface area contributed by atoms with Crippen LogP contribution < -0.4 is 5.32 Å². The Morgan fingerprint density at radius 1 is 1.09 bits per heavy atom. The minimum atomic E-state index is -0.404. The fourth-order valence-electron chi connectivity index (χ4n) is 2.14. The quantitative estimate of drug-likeness (QED) is 0.855. The molecule has 0 saturated heterocycles. The predicted octanol–water partition coefficient (Wildman–Crippen LogP) is 2.74. The summed E-state index contributed by atoms with van der Waals surface area (Å²) >= 11 is 0. The molecule has 2 rings (SSSR count). The van der Waals surface area contributed by atoms with Gasteiger partial charge in [0.25, 0.3) is 0 Å². The molecule has 1 heterocycles. The first-order chi connectivity index (χ1) is 10.6. The first kappa shape index (κ1) is 16.2. The molecule has 22 heavy (non-hydrogen) atoms. The van der Waals surface area contributed by atoms with Gasteiger partial charge in [-0.1, -0.05) is 30.3 Å². The molecule has 0 atom stereocenters. The smallest absolute Gasteiger partial charge is 0.224 e. The number of hydrogen-bond acceptors (Lipinski definition) is 3. The molecule has 0 aliphatic heterocycles. The molecule has 0 saturated carbocycles. The van der Waals surface area contributed by atoms with Crippen molar-refractivity contribution < 1.29 is 9.53 Å². The average molecular weight is 298 g/mol. The topological polar surface area (TPSA) is 51.2 Å². The van der Waals surface area contributed by atoms with Crippen LogP contribution in [0.4, 0.5) is 0 Å². The second-order valence-electron chi connectivity index (χ2n) is 5.94. The zero-order chi connectivity index (χ0) is 15.8. The second-order valence-corrected chi connectivity index (χ2v) is 5.94. The van der Waals surface area contributed by atoms with Crippen molar-refractivity contribution >= 4 is 5.91 Å². The summed E-state index contributed by atoms with van der Waals surface area (Å²) in [5.74, 6) is -0.0143. The number of ether oxygens (including phenoxy) is 1. The molecule has 0 aliphatic rings. The Bertz CT molecular complexity index is 583. The summed E-state index contributed by atoms with van der Waals surface area (Å²) in [7, 11) is 0. The highest BCUT2D eigenvalue weighted by Gasteiger charge is 2.20. The average Bonchev–Trinajstić information content (AvgIpc) is 2.48. The van der Waals surface area contributed by atoms with Gasteiger partial charge in [0.15, 0.2) is 0 Å². The summed E-state index contributed by atoms with van der Waals surface area (Å²) in [6, 6.07) is 13.7. The van der Waals surface area contributed by atoms with E-state index in [1.807, 2.05) is 56.3 Å². The van der Waals surface area contributed by atoms with Crippen LogP contribution in [0.3, 0.4) is 0 Å². The fraction of sp³-hybridized carbons (Fsp3) is 0.333. The van der Waals surface area contributed by atoms with Gasteiger partial charge in [-0.2, -0.15) is 0 Å². The first-order valence-corrected chi connectivity index (χ1v) is 7.37. The van der Waals surface area contributed by atoms with E-state index in [1.54, 1.807) is 12.4 Å². The van der Waals surface area contributed by atoms with Crippen LogP contribution in [0.1, 0.15) is 25.0 Å². The highest BCUT2D eigenvalue weighted by molar-refractivity contribution is 5.79. The van der Waals surface area contributed by atoms with E-state index in [9.17, 15) is 4.79 Å². The number of carbonyl (C=O) groups is 1. The maximum absolute atomic E-state index is 12.1. The van der Waals surface area contributed by atoms with Crippen molar-refractivity contribution in [2.24, 2.45) is 0 Å². The molecule has 1 N–H and O–H groups in total. The van der Waals surface area contributed by atoms with Gasteiger partial charge >= 0.3 is 0 Å². The zero-order valence-electron chi connectivity index (χ0n) is 13.1. The summed E-state index contributed by atoms with van der Waals surface area (Å²) in [5, 5.41) is 3.01. The summed E-state index contributed by atoms with van der Waals surface area (Å²) < 4.78 is 5.71. The van der Waals surface area contributed by atoms with Gasteiger partial charge in [-0.15, -0.1) is 0 Å². The molecule has 0 unspecified atom stereocenters. The van der Waals surface area contributed by atoms with Crippen molar-refractivity contribution in [1.82, 2.24) is 10.3 Å². The lowest BCUT2D eigenvalue weighted by molar-refractivity contribution is -0.122. The van der Waals surface area contributed by atoms with Crippen molar-refractivity contribution in [3.63, 3.8) is 0 Å². The highest BCUT2D eigenvalue weighted by Crippen LogP contribution is 2.08. The largest absolute Gasteiger partial charge is 0.374 e. The molecule has 0 radical (unpaired) electrons. The number of nitrogens with one attached hydrogen (secondary N) is 1. The van der Waals surface area contributed by atoms with Gasteiger partial charge in [0.05, 0.1) is 25.2 Å². The van der Waals surface area contributed by atoms with Crippen LogP contribution in [0.2, 0.25) is 0 Å². The summed E-state index contributed by atoms with van der Waals surface area (Å²) in [4.78, 5) is 16.0. The van der Waals surface area contributed by atoms with Gasteiger partial charge in [-0.3, -0.25) is 9.78 Å². The van der Waals surface area contributed by atoms with Gasteiger partial charge in [0.2, 0.25) is 5.91 Å². The van der Waals surface area contributed by atoms with Crippen LogP contribution in [0.15, 0.2) is 54.9 Å². The summed E-state index contributed by atoms with van der Waals surface area (Å²) in [5.41, 5.74) is 1.67. The number of carbonyl (C=O) groups excluding carboxylic acids is 1. The molecule has 0 spiro atoms. The van der Waals surface area contributed by atoms with Crippen LogP contribution in [0.25, 0.3) is 0 Å². The van der Waals surface area contributed by atoms with Gasteiger partial charge < -0.3 is 10.1 Å². The molecule has 4 nitrogen and oxygen atoms in total. The maximum Gasteiger partial charge on any atom is 0.224 e. The third-order valence-electron chi connectivity index (χ3n) is 3.17. The number of rotatable bonds is 7. The van der Waals surface area contributed by atoms with E-state index in [-0.39, 0.29) is 5.91 Å². The number of benzene rings is 1. The minimum Gasteiger partial charge on any atom is -0.374 e. The molecule has 4 heteroatoms. The van der Waals surface area contributed by atoms with E-state index in [0.29, 0.717) is 19.6 Å². The predicted molar refractivity (Wildman–Crippen MR) is 86.3 cm³/mol. The minimum absolute atomic E-state index is 0.0143. The van der Waals surface area contributed by atoms with Crippen molar-refractivity contribution in [2.45, 2.75) is 32.4 Å². The van der Waals surface area contributed by atoms with E-state index in [4.69, 9.17) is 4.74 Å². The number of amides is 1. The third-order valence-corrected chi connectivity index (χ3v) is 3.17. The monoisotopic (exact) mass is 298 g/mol. The Morgan fingerprint density at radius 3 is 2.45 bits per heavy atom. The molecule has 1 amide bonds. The van der Waals surface area contributed by atoms with Crippen molar-refractivity contribution in [1.29, 1.82) is 0 Å². The van der Waals surface area contributed by atoms with Crippen LogP contribution in [0, 0.1) is 0 Å². The molecule has 1 aromatic heterocycles. The van der Waals surface area contributed by atoms with Crippen LogP contribution in [-0.2, 0) is 22.6 Å². The van der Waals surface area contributed by atoms with Crippen LogP contribution in [0.5, 0.6) is 0 Å². The summed E-state index contributed by atoms with van der Waals surface area (Å²) in [6.45, 7) is 4.93. The van der Waals surface area contributed by atoms with E-state index in [1.165, 1.54) is 0 Å². The molecule has 0 aliphatic carbocycles. The number of aromatic nitrogens is 1. The normalized spacial score (nSPS) is 11.2. The van der Waals surface area contributed by atoms with E-state index in [2.05, 4.69) is 10.3 Å². The molecular weight excluding hydrogens is 276 g/mol. The Hall–Kier alpha value is -2.20. The maximum atomic E-state index is 12.1. The second kappa shape index (κ2) is 7.71.